The number of amides is 2. The lowest BCUT2D eigenvalue weighted by atomic mass is 10.1. The Balaban J connectivity index is 2.22. The van der Waals surface area contributed by atoms with E-state index in [1.54, 1.807) is 20.8 Å². The van der Waals surface area contributed by atoms with Crippen molar-refractivity contribution in [1.82, 2.24) is 10.2 Å². The smallest absolute Gasteiger partial charge is 0.243 e. The second-order valence-corrected chi connectivity index (χ2v) is 10.7. The zero-order valence-electron chi connectivity index (χ0n) is 20.8. The second-order valence-electron chi connectivity index (χ2n) is 8.77. The molecule has 0 saturated carbocycles. The number of nitrogens with zero attached hydrogens (tertiary/aromatic N) is 2. The van der Waals surface area contributed by atoms with Crippen LogP contribution in [0, 0.1) is 17.5 Å². The molecule has 1 N–H and O–H groups in total. The van der Waals surface area contributed by atoms with Crippen molar-refractivity contribution in [1.29, 1.82) is 0 Å². The van der Waals surface area contributed by atoms with Crippen LogP contribution in [0.25, 0.3) is 0 Å². The molecule has 0 aliphatic carbocycles. The van der Waals surface area contributed by atoms with Gasteiger partial charge in [-0.05, 0) is 56.5 Å². The van der Waals surface area contributed by atoms with E-state index in [9.17, 15) is 31.2 Å². The lowest BCUT2D eigenvalue weighted by molar-refractivity contribution is -0.141. The molecule has 0 unspecified atom stereocenters. The van der Waals surface area contributed by atoms with Crippen molar-refractivity contribution in [2.45, 2.75) is 58.7 Å². The molecule has 36 heavy (non-hydrogen) atoms. The standard InChI is InChI=1S/C25H32F3N3O4S/c1-5-23(25(33)29-17(2)3)30(16-18-8-10-19(26)11-9-18)24(32)7-6-14-31(36(4,34)35)20-12-13-21(27)22(28)15-20/h8-13,15,17,23H,5-7,14,16H2,1-4H3,(H,29,33)/t23-/m1/s1. The zero-order valence-corrected chi connectivity index (χ0v) is 21.6. The van der Waals surface area contributed by atoms with Crippen LogP contribution in [-0.2, 0) is 26.2 Å². The van der Waals surface area contributed by atoms with Gasteiger partial charge in [0.05, 0.1) is 11.9 Å². The van der Waals surface area contributed by atoms with Gasteiger partial charge in [0, 0.05) is 31.6 Å². The van der Waals surface area contributed by atoms with Gasteiger partial charge in [0.2, 0.25) is 21.8 Å². The van der Waals surface area contributed by atoms with E-state index >= 15 is 0 Å². The molecular formula is C25H32F3N3O4S. The topological polar surface area (TPSA) is 86.8 Å². The first-order valence-corrected chi connectivity index (χ1v) is 13.4. The maximum absolute atomic E-state index is 13.7. The molecular weight excluding hydrogens is 495 g/mol. The van der Waals surface area contributed by atoms with Gasteiger partial charge in [-0.15, -0.1) is 0 Å². The molecule has 0 saturated heterocycles. The van der Waals surface area contributed by atoms with Crippen LogP contribution in [-0.4, -0.2) is 50.0 Å². The Labute approximate surface area is 210 Å². The quantitative estimate of drug-likeness (QED) is 0.452. The van der Waals surface area contributed by atoms with Gasteiger partial charge in [-0.3, -0.25) is 13.9 Å². The summed E-state index contributed by atoms with van der Waals surface area (Å²) in [5, 5.41) is 2.80. The molecule has 0 spiro atoms. The highest BCUT2D eigenvalue weighted by Gasteiger charge is 2.29. The number of rotatable bonds is 12. The number of hydrogen-bond acceptors (Lipinski definition) is 4. The van der Waals surface area contributed by atoms with Crippen LogP contribution in [0.4, 0.5) is 18.9 Å². The minimum Gasteiger partial charge on any atom is -0.352 e. The maximum Gasteiger partial charge on any atom is 0.243 e. The minimum atomic E-state index is -3.85. The summed E-state index contributed by atoms with van der Waals surface area (Å²) < 4.78 is 65.8. The van der Waals surface area contributed by atoms with Crippen LogP contribution in [0.3, 0.4) is 0 Å². The van der Waals surface area contributed by atoms with Crippen molar-refractivity contribution in [3.63, 3.8) is 0 Å². The molecule has 2 rings (SSSR count). The molecule has 0 heterocycles. The third-order valence-corrected chi connectivity index (χ3v) is 6.62. The van der Waals surface area contributed by atoms with E-state index in [0.717, 1.165) is 28.8 Å². The summed E-state index contributed by atoms with van der Waals surface area (Å²) in [5.74, 6) is -3.46. The molecule has 198 valence electrons. The summed E-state index contributed by atoms with van der Waals surface area (Å²) in [5.41, 5.74) is 0.565. The Morgan fingerprint density at radius 3 is 2.17 bits per heavy atom. The van der Waals surface area contributed by atoms with Crippen LogP contribution in [0.5, 0.6) is 0 Å². The van der Waals surface area contributed by atoms with Crippen molar-refractivity contribution >= 4 is 27.5 Å². The summed E-state index contributed by atoms with van der Waals surface area (Å²) in [6.07, 6.45) is 1.21. The molecule has 2 aromatic carbocycles. The molecule has 0 fully saturated rings. The fraction of sp³-hybridized carbons (Fsp3) is 0.440. The number of hydrogen-bond donors (Lipinski definition) is 1. The number of carbonyl (C=O) groups excluding carboxylic acids is 2. The normalized spacial score (nSPS) is 12.3. The van der Waals surface area contributed by atoms with Crippen LogP contribution in [0.1, 0.15) is 45.6 Å². The summed E-state index contributed by atoms with van der Waals surface area (Å²) >= 11 is 0. The van der Waals surface area contributed by atoms with E-state index in [1.807, 2.05) is 0 Å². The van der Waals surface area contributed by atoms with Gasteiger partial charge in [-0.1, -0.05) is 19.1 Å². The lowest BCUT2D eigenvalue weighted by Gasteiger charge is -2.31. The summed E-state index contributed by atoms with van der Waals surface area (Å²) in [6, 6.07) is 7.40. The number of halogens is 3. The van der Waals surface area contributed by atoms with E-state index in [4.69, 9.17) is 0 Å². The fourth-order valence-corrected chi connectivity index (χ4v) is 4.69. The Hall–Kier alpha value is -3.08. The van der Waals surface area contributed by atoms with E-state index < -0.39 is 39.4 Å². The van der Waals surface area contributed by atoms with Gasteiger partial charge in [0.1, 0.15) is 11.9 Å². The molecule has 7 nitrogen and oxygen atoms in total. The maximum atomic E-state index is 13.7. The first kappa shape index (κ1) is 29.2. The van der Waals surface area contributed by atoms with Gasteiger partial charge >= 0.3 is 0 Å². The van der Waals surface area contributed by atoms with Gasteiger partial charge in [-0.2, -0.15) is 0 Å². The van der Waals surface area contributed by atoms with Gasteiger partial charge in [0.15, 0.2) is 11.6 Å². The number of carbonyl (C=O) groups is 2. The van der Waals surface area contributed by atoms with Crippen molar-refractivity contribution < 1.29 is 31.2 Å². The second kappa shape index (κ2) is 12.8. The average molecular weight is 528 g/mol. The van der Waals surface area contributed by atoms with Crippen molar-refractivity contribution in [3.05, 3.63) is 65.5 Å². The molecule has 0 aliphatic heterocycles. The Kier molecular flexibility index (Phi) is 10.3. The Bertz CT molecular complexity index is 1160. The Morgan fingerprint density at radius 2 is 1.64 bits per heavy atom. The van der Waals surface area contributed by atoms with Gasteiger partial charge in [-0.25, -0.2) is 21.6 Å². The fourth-order valence-electron chi connectivity index (χ4n) is 3.73. The third kappa shape index (κ3) is 8.25. The number of nitrogens with one attached hydrogen (secondary N) is 1. The van der Waals surface area contributed by atoms with Crippen LogP contribution >= 0.6 is 0 Å². The average Bonchev–Trinajstić information content (AvgIpc) is 2.78. The molecule has 0 radical (unpaired) electrons. The molecule has 2 aromatic rings. The highest BCUT2D eigenvalue weighted by Crippen LogP contribution is 2.22. The third-order valence-electron chi connectivity index (χ3n) is 5.43. The monoisotopic (exact) mass is 527 g/mol. The molecule has 2 amide bonds. The van der Waals surface area contributed by atoms with Gasteiger partial charge < -0.3 is 10.2 Å². The van der Waals surface area contributed by atoms with Crippen molar-refractivity contribution in [2.24, 2.45) is 0 Å². The molecule has 0 bridgehead atoms. The number of benzene rings is 2. The van der Waals surface area contributed by atoms with Crippen LogP contribution < -0.4 is 9.62 Å². The van der Waals surface area contributed by atoms with E-state index in [2.05, 4.69) is 5.32 Å². The summed E-state index contributed by atoms with van der Waals surface area (Å²) in [6.45, 7) is 5.27. The van der Waals surface area contributed by atoms with Crippen molar-refractivity contribution in [3.8, 4) is 0 Å². The first-order chi connectivity index (χ1) is 16.8. The predicted octanol–water partition coefficient (Wildman–Crippen LogP) is 3.98. The lowest BCUT2D eigenvalue weighted by Crippen LogP contribution is -2.50. The minimum absolute atomic E-state index is 0.0576. The molecule has 11 heteroatoms. The summed E-state index contributed by atoms with van der Waals surface area (Å²) in [7, 11) is -3.85. The number of anilines is 1. The molecule has 0 aromatic heterocycles. The highest BCUT2D eigenvalue weighted by atomic mass is 32.2. The largest absolute Gasteiger partial charge is 0.352 e. The van der Waals surface area contributed by atoms with E-state index in [0.29, 0.717) is 12.0 Å². The predicted molar refractivity (Wildman–Crippen MR) is 132 cm³/mol. The number of sulfonamides is 1. The van der Waals surface area contributed by atoms with E-state index in [-0.39, 0.29) is 43.6 Å². The zero-order chi connectivity index (χ0) is 27.0. The summed E-state index contributed by atoms with van der Waals surface area (Å²) in [4.78, 5) is 27.5. The highest BCUT2D eigenvalue weighted by molar-refractivity contribution is 7.92. The van der Waals surface area contributed by atoms with Crippen molar-refractivity contribution in [2.75, 3.05) is 17.1 Å². The molecule has 1 atom stereocenters. The van der Waals surface area contributed by atoms with Crippen LogP contribution in [0.15, 0.2) is 42.5 Å². The Morgan fingerprint density at radius 1 is 1.00 bits per heavy atom. The van der Waals surface area contributed by atoms with E-state index in [1.165, 1.54) is 29.2 Å². The SMILES string of the molecule is CC[C@H](C(=O)NC(C)C)N(Cc1ccc(F)cc1)C(=O)CCCN(c1ccc(F)c(F)c1)S(C)(=O)=O. The first-order valence-electron chi connectivity index (χ1n) is 11.6. The van der Waals surface area contributed by atoms with Gasteiger partial charge in [0.25, 0.3) is 0 Å². The molecule has 0 aliphatic rings. The van der Waals surface area contributed by atoms with Crippen LogP contribution in [0.2, 0.25) is 0 Å².